The molecule has 1 unspecified atom stereocenters. The van der Waals surface area contributed by atoms with Crippen LogP contribution in [0.15, 0.2) is 59.5 Å². The number of ether oxygens (including phenoxy) is 4. The molecule has 1 saturated carbocycles. The van der Waals surface area contributed by atoms with Crippen molar-refractivity contribution in [1.29, 1.82) is 0 Å². The van der Waals surface area contributed by atoms with Gasteiger partial charge in [-0.3, -0.25) is 0 Å². The molecule has 0 spiro atoms. The van der Waals surface area contributed by atoms with Gasteiger partial charge in [0.25, 0.3) is 0 Å². The van der Waals surface area contributed by atoms with Crippen molar-refractivity contribution < 1.29 is 37.3 Å². The molecule has 2 heterocycles. The Bertz CT molecular complexity index is 1320. The van der Waals surface area contributed by atoms with Crippen LogP contribution in [0.5, 0.6) is 5.75 Å². The van der Waals surface area contributed by atoms with Gasteiger partial charge in [0.1, 0.15) is 11.9 Å². The molecule has 43 heavy (non-hydrogen) atoms. The van der Waals surface area contributed by atoms with Crippen molar-refractivity contribution in [3.63, 3.8) is 0 Å². The summed E-state index contributed by atoms with van der Waals surface area (Å²) in [7, 11) is -2.43. The van der Waals surface area contributed by atoms with Gasteiger partial charge in [-0.05, 0) is 67.9 Å². The molecule has 10 nitrogen and oxygen atoms in total. The van der Waals surface area contributed by atoms with Crippen molar-refractivity contribution in [3.8, 4) is 5.75 Å². The van der Waals surface area contributed by atoms with Gasteiger partial charge in [0.05, 0.1) is 36.9 Å². The highest BCUT2D eigenvalue weighted by Crippen LogP contribution is 2.51. The first kappa shape index (κ1) is 31.7. The Balaban J connectivity index is 1.32. The second kappa shape index (κ2) is 13.5. The summed E-state index contributed by atoms with van der Waals surface area (Å²) in [6, 6.07) is 14.9. The normalized spacial score (nSPS) is 28.0. The first-order valence-electron chi connectivity index (χ1n) is 15.2. The number of rotatable bonds is 12. The maximum atomic E-state index is 13.7. The fourth-order valence-corrected chi connectivity index (χ4v) is 8.41. The number of amides is 1. The zero-order valence-corrected chi connectivity index (χ0v) is 26.1. The van der Waals surface area contributed by atoms with E-state index in [9.17, 15) is 18.3 Å². The number of carbonyl (C=O) groups is 1. The van der Waals surface area contributed by atoms with Crippen molar-refractivity contribution in [3.05, 3.63) is 60.2 Å². The number of aliphatic hydroxyl groups is 1. The average Bonchev–Trinajstić information content (AvgIpc) is 3.54. The zero-order chi connectivity index (χ0) is 30.7. The van der Waals surface area contributed by atoms with Crippen LogP contribution in [0.2, 0.25) is 0 Å². The Morgan fingerprint density at radius 2 is 1.81 bits per heavy atom. The van der Waals surface area contributed by atoms with Gasteiger partial charge in [-0.1, -0.05) is 44.2 Å². The van der Waals surface area contributed by atoms with E-state index in [0.717, 1.165) is 12.0 Å². The number of alkyl carbamates (subject to hydrolysis) is 1. The molecule has 2 aromatic rings. The zero-order valence-electron chi connectivity index (χ0n) is 25.3. The Labute approximate surface area is 254 Å². The van der Waals surface area contributed by atoms with Crippen LogP contribution in [0.4, 0.5) is 4.79 Å². The predicted octanol–water partition coefficient (Wildman–Crippen LogP) is 3.83. The molecule has 2 N–H and O–H groups in total. The van der Waals surface area contributed by atoms with Crippen LogP contribution >= 0.6 is 0 Å². The minimum absolute atomic E-state index is 0.00205. The molecule has 236 valence electrons. The van der Waals surface area contributed by atoms with E-state index in [0.29, 0.717) is 31.1 Å². The third-order valence-corrected chi connectivity index (χ3v) is 10.6. The van der Waals surface area contributed by atoms with Crippen molar-refractivity contribution in [2.75, 3.05) is 26.8 Å². The second-order valence-corrected chi connectivity index (χ2v) is 14.4. The molecule has 0 radical (unpaired) electrons. The highest BCUT2D eigenvalue weighted by atomic mass is 32.2. The number of sulfonamides is 1. The van der Waals surface area contributed by atoms with Crippen molar-refractivity contribution in [1.82, 2.24) is 9.62 Å². The van der Waals surface area contributed by atoms with Crippen LogP contribution in [-0.4, -0.2) is 81.4 Å². The molecular formula is C32H44N2O8S. The number of nitrogens with one attached hydrogen (secondary N) is 1. The lowest BCUT2D eigenvalue weighted by molar-refractivity contribution is -0.201. The van der Waals surface area contributed by atoms with E-state index in [2.05, 4.69) is 5.32 Å². The van der Waals surface area contributed by atoms with E-state index < -0.39 is 28.3 Å². The summed E-state index contributed by atoms with van der Waals surface area (Å²) in [5.74, 6) is 1.21. The minimum Gasteiger partial charge on any atom is -0.497 e. The average molecular weight is 617 g/mol. The molecule has 2 saturated heterocycles. The van der Waals surface area contributed by atoms with Crippen molar-refractivity contribution in [2.24, 2.45) is 23.7 Å². The Morgan fingerprint density at radius 3 is 2.49 bits per heavy atom. The van der Waals surface area contributed by atoms with Crippen LogP contribution in [0.3, 0.4) is 0 Å². The number of benzene rings is 2. The molecule has 1 amide bonds. The fourth-order valence-electron chi connectivity index (χ4n) is 6.79. The number of nitrogens with zero attached hydrogens (tertiary/aromatic N) is 1. The summed E-state index contributed by atoms with van der Waals surface area (Å²) < 4.78 is 51.7. The summed E-state index contributed by atoms with van der Waals surface area (Å²) in [4.78, 5) is 13.5. The van der Waals surface area contributed by atoms with Gasteiger partial charge in [-0.25, -0.2) is 13.2 Å². The van der Waals surface area contributed by atoms with E-state index in [1.807, 2.05) is 51.1 Å². The molecule has 0 aromatic heterocycles. The number of aliphatic hydroxyl groups excluding tert-OH is 1. The van der Waals surface area contributed by atoms with Gasteiger partial charge in [0.15, 0.2) is 6.29 Å². The monoisotopic (exact) mass is 616 g/mol. The van der Waals surface area contributed by atoms with Gasteiger partial charge in [0.2, 0.25) is 10.0 Å². The number of methoxy groups -OCH3 is 1. The molecule has 1 aliphatic carbocycles. The maximum Gasteiger partial charge on any atom is 0.407 e. The summed E-state index contributed by atoms with van der Waals surface area (Å²) in [5.41, 5.74) is 0.897. The largest absolute Gasteiger partial charge is 0.497 e. The first-order valence-corrected chi connectivity index (χ1v) is 16.6. The highest BCUT2D eigenvalue weighted by molar-refractivity contribution is 7.89. The lowest BCUT2D eigenvalue weighted by Gasteiger charge is -2.36. The quantitative estimate of drug-likeness (QED) is 0.369. The Kier molecular flexibility index (Phi) is 9.97. The second-order valence-electron chi connectivity index (χ2n) is 12.5. The Morgan fingerprint density at radius 1 is 1.09 bits per heavy atom. The van der Waals surface area contributed by atoms with Gasteiger partial charge in [-0.2, -0.15) is 4.31 Å². The molecular weight excluding hydrogens is 572 g/mol. The van der Waals surface area contributed by atoms with E-state index >= 15 is 0 Å². The fraction of sp³-hybridized carbons (Fsp3) is 0.594. The lowest BCUT2D eigenvalue weighted by Crippen LogP contribution is -2.52. The number of hydrogen-bond acceptors (Lipinski definition) is 8. The minimum atomic E-state index is -3.94. The molecule has 11 heteroatoms. The van der Waals surface area contributed by atoms with E-state index in [1.54, 1.807) is 12.1 Å². The number of carbonyl (C=O) groups excluding carboxylic acids is 1. The predicted molar refractivity (Wildman–Crippen MR) is 160 cm³/mol. The summed E-state index contributed by atoms with van der Waals surface area (Å²) >= 11 is 0. The third kappa shape index (κ3) is 7.34. The molecule has 2 aromatic carbocycles. The topological polar surface area (TPSA) is 124 Å². The summed E-state index contributed by atoms with van der Waals surface area (Å²) in [6.45, 7) is 6.45. The van der Waals surface area contributed by atoms with Crippen LogP contribution in [0.25, 0.3) is 0 Å². The SMILES string of the molecule is COc1ccc(S(=O)(=O)N(CC(C)C)C[C@@H](O)[C@H](Cc2ccccc2)NC(=O)O[C@H]2C[C@H]3CO[C@H]4O[C@H](C)CC2[C@@H]34)cc1. The third-order valence-electron chi connectivity index (χ3n) is 8.79. The summed E-state index contributed by atoms with van der Waals surface area (Å²) in [6.07, 6.45) is -0.512. The molecule has 3 fully saturated rings. The van der Waals surface area contributed by atoms with E-state index in [1.165, 1.54) is 23.5 Å². The van der Waals surface area contributed by atoms with Gasteiger partial charge in [0, 0.05) is 24.9 Å². The van der Waals surface area contributed by atoms with Crippen LogP contribution < -0.4 is 10.1 Å². The lowest BCUT2D eigenvalue weighted by atomic mass is 9.84. The van der Waals surface area contributed by atoms with Crippen LogP contribution in [-0.2, 0) is 30.7 Å². The smallest absolute Gasteiger partial charge is 0.407 e. The molecule has 2 aliphatic heterocycles. The number of hydrogen-bond donors (Lipinski definition) is 2. The molecule has 5 rings (SSSR count). The maximum absolute atomic E-state index is 13.7. The first-order chi connectivity index (χ1) is 20.5. The van der Waals surface area contributed by atoms with Gasteiger partial charge in [-0.15, -0.1) is 0 Å². The van der Waals surface area contributed by atoms with E-state index in [4.69, 9.17) is 18.9 Å². The standard InChI is InChI=1S/C32H44N2O8S/c1-20(2)17-34(43(37,38)25-12-10-24(39-4)11-13-25)18-28(35)27(15-22-8-6-5-7-9-22)33-32(36)42-29-16-23-19-40-31-30(23)26(29)14-21(3)41-31/h5-13,20-21,23,26-31,35H,14-19H2,1-4H3,(H,33,36)/t21-,23+,26?,27+,28-,29+,30-,31+/m1/s1. The van der Waals surface area contributed by atoms with Crippen LogP contribution in [0, 0.1) is 23.7 Å². The highest BCUT2D eigenvalue weighted by Gasteiger charge is 2.56. The van der Waals surface area contributed by atoms with Crippen LogP contribution in [0.1, 0.15) is 39.2 Å². The van der Waals surface area contributed by atoms with E-state index in [-0.39, 0.29) is 54.2 Å². The molecule has 8 atom stereocenters. The Hall–Kier alpha value is -2.70. The summed E-state index contributed by atoms with van der Waals surface area (Å²) in [5, 5.41) is 14.4. The van der Waals surface area contributed by atoms with Gasteiger partial charge < -0.3 is 29.4 Å². The van der Waals surface area contributed by atoms with Crippen molar-refractivity contribution in [2.45, 2.75) is 75.6 Å². The van der Waals surface area contributed by atoms with Crippen molar-refractivity contribution >= 4 is 16.1 Å². The van der Waals surface area contributed by atoms with Gasteiger partial charge >= 0.3 is 6.09 Å². The molecule has 3 aliphatic rings. The molecule has 0 bridgehead atoms.